The summed E-state index contributed by atoms with van der Waals surface area (Å²) in [5, 5.41) is 0. The van der Waals surface area contributed by atoms with Gasteiger partial charge in [-0.1, -0.05) is 0 Å². The van der Waals surface area contributed by atoms with Gasteiger partial charge in [-0.15, -0.1) is 0 Å². The van der Waals surface area contributed by atoms with E-state index in [-0.39, 0.29) is 29.1 Å². The van der Waals surface area contributed by atoms with Gasteiger partial charge in [-0.25, -0.2) is 12.1 Å². The van der Waals surface area contributed by atoms with Crippen molar-refractivity contribution in [1.82, 2.24) is 0 Å². The summed E-state index contributed by atoms with van der Waals surface area (Å²) < 4.78 is 0. The Morgan fingerprint density at radius 1 is 1.00 bits per heavy atom. The van der Waals surface area contributed by atoms with Crippen molar-refractivity contribution >= 4 is 0 Å². The van der Waals surface area contributed by atoms with Crippen LogP contribution >= 0.6 is 0 Å². The average molecular weight is 128 g/mol. The van der Waals surface area contributed by atoms with Crippen LogP contribution in [-0.2, 0) is 21.7 Å². The summed E-state index contributed by atoms with van der Waals surface area (Å²) in [6, 6.07) is 10.0. The Bertz CT molecular complexity index is 60.7. The molecule has 0 N–H and O–H groups in total. The van der Waals surface area contributed by atoms with E-state index in [1.54, 1.807) is 0 Å². The van der Waals surface area contributed by atoms with Crippen LogP contribution in [0.2, 0.25) is 0 Å². The molecule has 0 amide bonds. The molecule has 0 atom stereocenters. The third kappa shape index (κ3) is 3.91. The zero-order chi connectivity index (χ0) is 3.54. The molecule has 0 aliphatic carbocycles. The molecule has 1 aromatic carbocycles. The largest absolute Gasteiger partial charge is 2.00 e. The summed E-state index contributed by atoms with van der Waals surface area (Å²) in [6.45, 7) is 0. The molecule has 0 fully saturated rings. The predicted molar refractivity (Wildman–Crippen MR) is 28.4 cm³/mol. The van der Waals surface area contributed by atoms with E-state index in [4.69, 9.17) is 0 Å². The Morgan fingerprint density at radius 3 is 1.57 bits per heavy atom. The monoisotopic (exact) mass is 128 g/mol. The molecule has 0 nitrogen and oxygen atoms in total. The van der Waals surface area contributed by atoms with Crippen molar-refractivity contribution in [1.29, 1.82) is 0 Å². The molecule has 0 unspecified atom stereocenters. The van der Waals surface area contributed by atoms with Crippen LogP contribution in [0.3, 0.4) is 0 Å². The van der Waals surface area contributed by atoms with Gasteiger partial charge >= 0.3 is 21.7 Å². The minimum atomic E-state index is 0. The Labute approximate surface area is 59.8 Å². The van der Waals surface area contributed by atoms with Crippen molar-refractivity contribution in [2.24, 2.45) is 0 Å². The summed E-state index contributed by atoms with van der Waals surface area (Å²) in [7, 11) is 0. The van der Waals surface area contributed by atoms with Crippen LogP contribution in [0.25, 0.3) is 0 Å². The molecule has 0 spiro atoms. The van der Waals surface area contributed by atoms with E-state index in [9.17, 15) is 0 Å². The minimum Gasteiger partial charge on any atom is -0.358 e. The summed E-state index contributed by atoms with van der Waals surface area (Å²) in [5.41, 5.74) is 0. The molecule has 0 aliphatic rings. The van der Waals surface area contributed by atoms with Gasteiger partial charge in [-0.05, 0) is 0 Å². The van der Waals surface area contributed by atoms with Crippen LogP contribution in [0.15, 0.2) is 30.3 Å². The zero-order valence-corrected chi connectivity index (χ0v) is 5.95. The van der Waals surface area contributed by atoms with E-state index in [0.29, 0.717) is 0 Å². The molecular weight excluding hydrogens is 120 g/mol. The van der Waals surface area contributed by atoms with E-state index in [0.717, 1.165) is 0 Å². The quantitative estimate of drug-likeness (QED) is 0.369. The van der Waals surface area contributed by atoms with Crippen LogP contribution in [0.4, 0.5) is 0 Å². The van der Waals surface area contributed by atoms with Gasteiger partial charge in [0.15, 0.2) is 0 Å². The number of hydrogen-bond acceptors (Lipinski definition) is 0. The summed E-state index contributed by atoms with van der Waals surface area (Å²) >= 11 is 0. The summed E-state index contributed by atoms with van der Waals surface area (Å²) in [5.74, 6) is 0. The molecule has 1 rings (SSSR count). The van der Waals surface area contributed by atoms with E-state index >= 15 is 0 Å². The van der Waals surface area contributed by atoms with Crippen molar-refractivity contribution in [3.05, 3.63) is 37.8 Å². The molecule has 0 radical (unpaired) electrons. The van der Waals surface area contributed by atoms with Gasteiger partial charge in [0.25, 0.3) is 0 Å². The summed E-state index contributed by atoms with van der Waals surface area (Å²) in [6.07, 6.45) is 0. The first-order valence-corrected chi connectivity index (χ1v) is 1.67. The third-order valence-electron chi connectivity index (χ3n) is 0.556. The molecule has 36 valence electrons. The van der Waals surface area contributed by atoms with Gasteiger partial charge in [0, 0.05) is 0 Å². The molecule has 0 bridgehead atoms. The van der Waals surface area contributed by atoms with Crippen molar-refractivity contribution in [2.75, 3.05) is 0 Å². The second kappa shape index (κ2) is 6.06. The second-order valence-electron chi connectivity index (χ2n) is 0.962. The fraction of sp³-hybridized carbons (Fsp3) is 0. The topological polar surface area (TPSA) is 0 Å². The van der Waals surface area contributed by atoms with Gasteiger partial charge in [0.1, 0.15) is 0 Å². The molecule has 0 saturated heterocycles. The van der Waals surface area contributed by atoms with Crippen LogP contribution in [0.1, 0.15) is 0 Å². The number of hydrogen-bond donors (Lipinski definition) is 0. The predicted octanol–water partition coefficient (Wildman–Crippen LogP) is 1.85. The van der Waals surface area contributed by atoms with Gasteiger partial charge in [0.2, 0.25) is 0 Å². The van der Waals surface area contributed by atoms with Gasteiger partial charge in [-0.2, -0.15) is 18.2 Å². The Kier molecular flexibility index (Phi) is 8.78. The maximum Gasteiger partial charge on any atom is 2.00 e. The van der Waals surface area contributed by atoms with Crippen LogP contribution in [0, 0.1) is 7.43 Å². The van der Waals surface area contributed by atoms with Crippen LogP contribution in [-0.4, -0.2) is 0 Å². The second-order valence-corrected chi connectivity index (χ2v) is 0.962. The first-order chi connectivity index (χ1) is 2.50. The summed E-state index contributed by atoms with van der Waals surface area (Å²) in [4.78, 5) is 0. The number of rotatable bonds is 0. The Morgan fingerprint density at radius 2 is 1.43 bits per heavy atom. The zero-order valence-electron chi connectivity index (χ0n) is 4.39. The Balaban J connectivity index is 0. The molecule has 0 saturated carbocycles. The minimum absolute atomic E-state index is 0. The Hall–Kier alpha value is 0.0643. The van der Waals surface area contributed by atoms with Crippen molar-refractivity contribution in [2.45, 2.75) is 0 Å². The van der Waals surface area contributed by atoms with Crippen LogP contribution < -0.4 is 0 Å². The van der Waals surface area contributed by atoms with Crippen molar-refractivity contribution in [3.63, 3.8) is 0 Å². The van der Waals surface area contributed by atoms with E-state index < -0.39 is 0 Å². The smallest absolute Gasteiger partial charge is 0.358 e. The average Bonchev–Trinajstić information content (AvgIpc) is 1.76. The van der Waals surface area contributed by atoms with Gasteiger partial charge in [0.05, 0.1) is 0 Å². The van der Waals surface area contributed by atoms with Crippen molar-refractivity contribution in [3.8, 4) is 0 Å². The fourth-order valence-electron chi connectivity index (χ4n) is 0.321. The maximum atomic E-state index is 2.00. The SMILES string of the molecule is [CH3-].[Ti+2].c1cc[cH-]c1. The maximum absolute atomic E-state index is 2.00. The first-order valence-electron chi connectivity index (χ1n) is 1.67. The van der Waals surface area contributed by atoms with Crippen LogP contribution in [0.5, 0.6) is 0 Å². The first kappa shape index (κ1) is 10.1. The molecule has 0 aliphatic heterocycles. The molecule has 0 heterocycles. The molecule has 1 heteroatoms. The van der Waals surface area contributed by atoms with Gasteiger partial charge < -0.3 is 7.43 Å². The normalized spacial score (nSPS) is 5.71. The fourth-order valence-corrected chi connectivity index (χ4v) is 0.321. The standard InChI is InChI=1S/C5H5.CH3.Ti/c1-2-4-5-3-1;;/h1-5H;1H3;/q2*-1;+2. The van der Waals surface area contributed by atoms with E-state index in [1.807, 2.05) is 30.3 Å². The molecule has 7 heavy (non-hydrogen) atoms. The third-order valence-corrected chi connectivity index (χ3v) is 0.556. The molecule has 1 aromatic rings. The van der Waals surface area contributed by atoms with E-state index in [2.05, 4.69) is 0 Å². The molecular formula is C6H8Ti. The van der Waals surface area contributed by atoms with Gasteiger partial charge in [-0.3, -0.25) is 0 Å². The molecule has 0 aromatic heterocycles. The van der Waals surface area contributed by atoms with E-state index in [1.165, 1.54) is 0 Å². The van der Waals surface area contributed by atoms with Crippen molar-refractivity contribution < 1.29 is 21.7 Å².